The lowest BCUT2D eigenvalue weighted by Gasteiger charge is -2.17. The van der Waals surface area contributed by atoms with Crippen LogP contribution in [0.2, 0.25) is 0 Å². The number of nitrogen functional groups attached to an aromatic ring is 1. The second kappa shape index (κ2) is 4.67. The summed E-state index contributed by atoms with van der Waals surface area (Å²) in [6.45, 7) is 1.48. The number of hydrogen-bond donors (Lipinski definition) is 4. The van der Waals surface area contributed by atoms with Crippen molar-refractivity contribution in [1.82, 2.24) is 14.5 Å². The van der Waals surface area contributed by atoms with Gasteiger partial charge in [0.05, 0.1) is 12.0 Å². The summed E-state index contributed by atoms with van der Waals surface area (Å²) in [4.78, 5) is 8.09. The second-order valence-corrected chi connectivity index (χ2v) is 4.91. The molecular formula is C12H16N4O4. The maximum Gasteiger partial charge on any atom is 0.164 e. The topological polar surface area (TPSA) is 127 Å². The standard InChI is InChI=1S/C12H16N4O4/c1-5-2-16(11-7(5)10(13)14-4-15-11)12-9(19)8(18)6(3-17)20-12/h2,4,6,8-9,12,17-19H,3H2,1H3,(H2,13,14,15)/t6-,8?,9+,12-/m1/s1. The fraction of sp³-hybridized carbons (Fsp3) is 0.500. The van der Waals surface area contributed by atoms with Crippen molar-refractivity contribution in [3.05, 3.63) is 18.1 Å². The van der Waals surface area contributed by atoms with E-state index in [1.54, 1.807) is 10.8 Å². The molecule has 0 radical (unpaired) electrons. The number of nitrogens with zero attached hydrogens (tertiary/aromatic N) is 3. The van der Waals surface area contributed by atoms with Crippen LogP contribution in [0.25, 0.3) is 11.0 Å². The third-order valence-electron chi connectivity index (χ3n) is 3.62. The van der Waals surface area contributed by atoms with Crippen molar-refractivity contribution in [2.45, 2.75) is 31.5 Å². The summed E-state index contributed by atoms with van der Waals surface area (Å²) < 4.78 is 7.10. The predicted octanol–water partition coefficient (Wildman–Crippen LogP) is -1.07. The Morgan fingerprint density at radius 3 is 2.75 bits per heavy atom. The molecule has 2 aromatic heterocycles. The van der Waals surface area contributed by atoms with Gasteiger partial charge in [-0.15, -0.1) is 0 Å². The van der Waals surface area contributed by atoms with Crippen LogP contribution in [0.15, 0.2) is 12.5 Å². The number of aryl methyl sites for hydroxylation is 1. The van der Waals surface area contributed by atoms with E-state index in [1.165, 1.54) is 6.33 Å². The van der Waals surface area contributed by atoms with Crippen LogP contribution in [0.5, 0.6) is 0 Å². The summed E-state index contributed by atoms with van der Waals surface area (Å²) >= 11 is 0. The molecule has 5 N–H and O–H groups in total. The Hall–Kier alpha value is -1.74. The minimum Gasteiger partial charge on any atom is -0.394 e. The molecule has 108 valence electrons. The quantitative estimate of drug-likeness (QED) is 0.552. The highest BCUT2D eigenvalue weighted by Crippen LogP contribution is 2.34. The summed E-state index contributed by atoms with van der Waals surface area (Å²) in [6, 6.07) is 0. The van der Waals surface area contributed by atoms with Crippen LogP contribution in [-0.2, 0) is 4.74 Å². The number of anilines is 1. The van der Waals surface area contributed by atoms with Gasteiger partial charge in [0.2, 0.25) is 0 Å². The van der Waals surface area contributed by atoms with Gasteiger partial charge in [0.1, 0.15) is 36.1 Å². The van der Waals surface area contributed by atoms with E-state index < -0.39 is 24.5 Å². The SMILES string of the molecule is Cc1cn([C@@H]2O[C@H](CO)C(O)[C@@H]2O)c2ncnc(N)c12. The lowest BCUT2D eigenvalue weighted by atomic mass is 10.1. The molecular weight excluding hydrogens is 264 g/mol. The molecule has 20 heavy (non-hydrogen) atoms. The Balaban J connectivity index is 2.10. The van der Waals surface area contributed by atoms with Gasteiger partial charge >= 0.3 is 0 Å². The first-order valence-corrected chi connectivity index (χ1v) is 6.24. The zero-order valence-corrected chi connectivity index (χ0v) is 10.8. The number of nitrogens with two attached hydrogens (primary N) is 1. The Labute approximate surface area is 114 Å². The maximum absolute atomic E-state index is 10.1. The average molecular weight is 280 g/mol. The Kier molecular flexibility index (Phi) is 3.09. The van der Waals surface area contributed by atoms with Crippen LogP contribution < -0.4 is 5.73 Å². The minimum absolute atomic E-state index is 0.345. The summed E-state index contributed by atoms with van der Waals surface area (Å²) in [5.41, 5.74) is 7.19. The molecule has 3 rings (SSSR count). The molecule has 1 aliphatic heterocycles. The zero-order valence-electron chi connectivity index (χ0n) is 10.8. The summed E-state index contributed by atoms with van der Waals surface area (Å²) in [7, 11) is 0. The average Bonchev–Trinajstić information content (AvgIpc) is 2.90. The molecule has 1 aliphatic rings. The number of ether oxygens (including phenoxy) is 1. The molecule has 8 heteroatoms. The number of aliphatic hydroxyl groups excluding tert-OH is 3. The van der Waals surface area contributed by atoms with Crippen molar-refractivity contribution < 1.29 is 20.1 Å². The van der Waals surface area contributed by atoms with Crippen LogP contribution in [0.1, 0.15) is 11.8 Å². The van der Waals surface area contributed by atoms with E-state index >= 15 is 0 Å². The van der Waals surface area contributed by atoms with Gasteiger partial charge in [-0.05, 0) is 12.5 Å². The van der Waals surface area contributed by atoms with E-state index in [2.05, 4.69) is 9.97 Å². The largest absolute Gasteiger partial charge is 0.394 e. The first-order valence-electron chi connectivity index (χ1n) is 6.24. The molecule has 0 bridgehead atoms. The van der Waals surface area contributed by atoms with Crippen molar-refractivity contribution in [3.8, 4) is 0 Å². The first kappa shape index (κ1) is 13.3. The highest BCUT2D eigenvalue weighted by atomic mass is 16.6. The normalized spacial score (nSPS) is 30.2. The molecule has 0 aliphatic carbocycles. The summed E-state index contributed by atoms with van der Waals surface area (Å²) in [5, 5.41) is 29.7. The van der Waals surface area contributed by atoms with Gasteiger partial charge < -0.3 is 30.4 Å². The van der Waals surface area contributed by atoms with Gasteiger partial charge in [-0.3, -0.25) is 0 Å². The van der Waals surface area contributed by atoms with Gasteiger partial charge in [0, 0.05) is 6.20 Å². The van der Waals surface area contributed by atoms with Crippen molar-refractivity contribution in [1.29, 1.82) is 0 Å². The molecule has 4 atom stereocenters. The second-order valence-electron chi connectivity index (χ2n) is 4.91. The molecule has 3 heterocycles. The lowest BCUT2D eigenvalue weighted by molar-refractivity contribution is -0.0509. The molecule has 0 saturated carbocycles. The molecule has 2 aromatic rings. The van der Waals surface area contributed by atoms with E-state index in [4.69, 9.17) is 15.6 Å². The van der Waals surface area contributed by atoms with Crippen molar-refractivity contribution in [2.75, 3.05) is 12.3 Å². The molecule has 0 aromatic carbocycles. The fourth-order valence-corrected chi connectivity index (χ4v) is 2.60. The molecule has 1 unspecified atom stereocenters. The highest BCUT2D eigenvalue weighted by molar-refractivity contribution is 5.89. The van der Waals surface area contributed by atoms with Gasteiger partial charge in [-0.25, -0.2) is 9.97 Å². The third-order valence-corrected chi connectivity index (χ3v) is 3.62. The van der Waals surface area contributed by atoms with E-state index in [0.717, 1.165) is 5.56 Å². The maximum atomic E-state index is 10.1. The lowest BCUT2D eigenvalue weighted by Crippen LogP contribution is -2.33. The Morgan fingerprint density at radius 2 is 2.10 bits per heavy atom. The van der Waals surface area contributed by atoms with Gasteiger partial charge in [0.15, 0.2) is 6.23 Å². The van der Waals surface area contributed by atoms with E-state index in [9.17, 15) is 10.2 Å². The minimum atomic E-state index is -1.15. The van der Waals surface area contributed by atoms with Crippen molar-refractivity contribution >= 4 is 16.9 Å². The zero-order chi connectivity index (χ0) is 14.4. The predicted molar refractivity (Wildman–Crippen MR) is 69.7 cm³/mol. The van der Waals surface area contributed by atoms with Crippen LogP contribution in [-0.4, -0.2) is 54.8 Å². The monoisotopic (exact) mass is 280 g/mol. The van der Waals surface area contributed by atoms with Gasteiger partial charge in [-0.2, -0.15) is 0 Å². The van der Waals surface area contributed by atoms with Crippen LogP contribution >= 0.6 is 0 Å². The number of fused-ring (bicyclic) bond motifs is 1. The molecule has 8 nitrogen and oxygen atoms in total. The van der Waals surface area contributed by atoms with Crippen molar-refractivity contribution in [2.24, 2.45) is 0 Å². The molecule has 1 saturated heterocycles. The van der Waals surface area contributed by atoms with Gasteiger partial charge in [0.25, 0.3) is 0 Å². The molecule has 0 amide bonds. The number of rotatable bonds is 2. The van der Waals surface area contributed by atoms with Crippen LogP contribution in [0.4, 0.5) is 5.82 Å². The van der Waals surface area contributed by atoms with Crippen LogP contribution in [0.3, 0.4) is 0 Å². The van der Waals surface area contributed by atoms with Crippen LogP contribution in [0, 0.1) is 6.92 Å². The Morgan fingerprint density at radius 1 is 1.35 bits per heavy atom. The van der Waals surface area contributed by atoms with E-state index in [0.29, 0.717) is 16.9 Å². The molecule has 0 spiro atoms. The highest BCUT2D eigenvalue weighted by Gasteiger charge is 2.43. The fourth-order valence-electron chi connectivity index (χ4n) is 2.60. The van der Waals surface area contributed by atoms with Crippen molar-refractivity contribution in [3.63, 3.8) is 0 Å². The smallest absolute Gasteiger partial charge is 0.164 e. The number of hydrogen-bond acceptors (Lipinski definition) is 7. The number of aromatic nitrogens is 3. The molecule has 1 fully saturated rings. The van der Waals surface area contributed by atoms with E-state index in [1.807, 2.05) is 6.92 Å². The third kappa shape index (κ3) is 1.77. The van der Waals surface area contributed by atoms with E-state index in [-0.39, 0.29) is 6.61 Å². The number of aliphatic hydroxyl groups is 3. The Bertz CT molecular complexity index is 644. The summed E-state index contributed by atoms with van der Waals surface area (Å²) in [5.74, 6) is 0.345. The van der Waals surface area contributed by atoms with Gasteiger partial charge in [-0.1, -0.05) is 0 Å². The first-order chi connectivity index (χ1) is 9.54. The summed E-state index contributed by atoms with van der Waals surface area (Å²) in [6.07, 6.45) is -0.898.